The second-order valence-corrected chi connectivity index (χ2v) is 8.41. The molecule has 0 aliphatic carbocycles. The van der Waals surface area contributed by atoms with E-state index < -0.39 is 0 Å². The fraction of sp³-hybridized carbons (Fsp3) is 0.619. The van der Waals surface area contributed by atoms with Crippen molar-refractivity contribution in [2.45, 2.75) is 26.8 Å². The summed E-state index contributed by atoms with van der Waals surface area (Å²) in [6.45, 7) is 9.47. The molecule has 28 heavy (non-hydrogen) atoms. The molecule has 0 spiro atoms. The van der Waals surface area contributed by atoms with Crippen molar-refractivity contribution in [3.8, 4) is 11.5 Å². The smallest absolute Gasteiger partial charge is 0.312 e. The fourth-order valence-electron chi connectivity index (χ4n) is 4.51. The Balaban J connectivity index is 1.29. The van der Waals surface area contributed by atoms with Crippen LogP contribution in [-0.2, 0) is 16.1 Å². The van der Waals surface area contributed by atoms with E-state index in [1.165, 1.54) is 0 Å². The zero-order chi connectivity index (χ0) is 19.7. The lowest BCUT2D eigenvalue weighted by molar-refractivity contribution is -0.154. The molecule has 7 heteroatoms. The molecule has 3 aliphatic rings. The summed E-state index contributed by atoms with van der Waals surface area (Å²) >= 11 is 0. The number of amides is 2. The first-order chi connectivity index (χ1) is 13.5. The normalized spacial score (nSPS) is 25.1. The summed E-state index contributed by atoms with van der Waals surface area (Å²) in [5.74, 6) is 1.82. The highest BCUT2D eigenvalue weighted by molar-refractivity contribution is 6.34. The van der Waals surface area contributed by atoms with E-state index in [-0.39, 0.29) is 18.6 Å². The molecule has 1 aromatic rings. The average Bonchev–Trinajstić information content (AvgIpc) is 3.14. The van der Waals surface area contributed by atoms with Crippen LogP contribution in [-0.4, -0.2) is 72.6 Å². The summed E-state index contributed by atoms with van der Waals surface area (Å²) in [4.78, 5) is 31.1. The Labute approximate surface area is 166 Å². The third-order valence-electron chi connectivity index (χ3n) is 5.84. The maximum Gasteiger partial charge on any atom is 0.312 e. The summed E-state index contributed by atoms with van der Waals surface area (Å²) < 4.78 is 10.8. The van der Waals surface area contributed by atoms with Crippen molar-refractivity contribution in [1.29, 1.82) is 0 Å². The standard InChI is InChI=1S/C21H29N3O4/c1-15-9-16(2)12-24(11-15)21(26)20(25)23-7-5-22(6-8-23)13-17-3-4-18-19(10-17)28-14-27-18/h3-4,10,15-16H,5-9,11-14H2,1-2H3. The van der Waals surface area contributed by atoms with Gasteiger partial charge in [-0.25, -0.2) is 0 Å². The van der Waals surface area contributed by atoms with E-state index in [0.717, 1.165) is 43.1 Å². The maximum absolute atomic E-state index is 12.7. The van der Waals surface area contributed by atoms with Crippen LogP contribution in [0.5, 0.6) is 11.5 Å². The minimum atomic E-state index is -0.343. The molecule has 0 bridgehead atoms. The number of nitrogens with zero attached hydrogens (tertiary/aromatic N) is 3. The molecule has 7 nitrogen and oxygen atoms in total. The molecule has 4 rings (SSSR count). The molecule has 3 aliphatic heterocycles. The van der Waals surface area contributed by atoms with Crippen LogP contribution in [0.25, 0.3) is 0 Å². The number of benzene rings is 1. The Morgan fingerprint density at radius 3 is 2.29 bits per heavy atom. The quantitative estimate of drug-likeness (QED) is 0.721. The van der Waals surface area contributed by atoms with Crippen LogP contribution in [0.15, 0.2) is 18.2 Å². The van der Waals surface area contributed by atoms with Crippen LogP contribution >= 0.6 is 0 Å². The van der Waals surface area contributed by atoms with E-state index in [9.17, 15) is 9.59 Å². The van der Waals surface area contributed by atoms with Gasteiger partial charge in [0.25, 0.3) is 0 Å². The van der Waals surface area contributed by atoms with E-state index in [1.54, 1.807) is 9.80 Å². The van der Waals surface area contributed by atoms with Gasteiger partial charge in [0, 0.05) is 45.8 Å². The fourth-order valence-corrected chi connectivity index (χ4v) is 4.51. The van der Waals surface area contributed by atoms with E-state index in [4.69, 9.17) is 9.47 Å². The molecule has 1 aromatic carbocycles. The number of ether oxygens (including phenoxy) is 2. The van der Waals surface area contributed by atoms with Crippen molar-refractivity contribution in [3.63, 3.8) is 0 Å². The van der Waals surface area contributed by atoms with Gasteiger partial charge >= 0.3 is 11.8 Å². The molecular weight excluding hydrogens is 358 g/mol. The number of piperidine rings is 1. The monoisotopic (exact) mass is 387 g/mol. The average molecular weight is 387 g/mol. The lowest BCUT2D eigenvalue weighted by atomic mass is 9.92. The van der Waals surface area contributed by atoms with Crippen LogP contribution < -0.4 is 9.47 Å². The van der Waals surface area contributed by atoms with E-state index in [0.29, 0.717) is 38.0 Å². The van der Waals surface area contributed by atoms with Crippen LogP contribution in [0.2, 0.25) is 0 Å². The van der Waals surface area contributed by atoms with Crippen molar-refractivity contribution in [3.05, 3.63) is 23.8 Å². The Morgan fingerprint density at radius 1 is 0.929 bits per heavy atom. The molecule has 0 aromatic heterocycles. The van der Waals surface area contributed by atoms with E-state index >= 15 is 0 Å². The van der Waals surface area contributed by atoms with E-state index in [1.807, 2.05) is 18.2 Å². The lowest BCUT2D eigenvalue weighted by Crippen LogP contribution is -2.54. The van der Waals surface area contributed by atoms with Crippen molar-refractivity contribution in [2.75, 3.05) is 46.1 Å². The zero-order valence-corrected chi connectivity index (χ0v) is 16.7. The number of carbonyl (C=O) groups excluding carboxylic acids is 2. The molecule has 2 atom stereocenters. The van der Waals surface area contributed by atoms with E-state index in [2.05, 4.69) is 18.7 Å². The summed E-state index contributed by atoms with van der Waals surface area (Å²) in [6.07, 6.45) is 1.12. The molecule has 2 unspecified atom stereocenters. The molecular formula is C21H29N3O4. The van der Waals surface area contributed by atoms with Gasteiger partial charge in [0.05, 0.1) is 0 Å². The van der Waals surface area contributed by atoms with Crippen molar-refractivity contribution in [1.82, 2.24) is 14.7 Å². The van der Waals surface area contributed by atoms with Crippen LogP contribution in [0, 0.1) is 11.8 Å². The van der Waals surface area contributed by atoms with Gasteiger partial charge < -0.3 is 19.3 Å². The second kappa shape index (κ2) is 7.99. The number of piperazine rings is 1. The predicted molar refractivity (Wildman–Crippen MR) is 104 cm³/mol. The summed E-state index contributed by atoms with van der Waals surface area (Å²) in [5.41, 5.74) is 1.16. The topological polar surface area (TPSA) is 62.3 Å². The Kier molecular flexibility index (Phi) is 5.44. The van der Waals surface area contributed by atoms with Gasteiger partial charge in [0.1, 0.15) is 0 Å². The van der Waals surface area contributed by atoms with Crippen LogP contribution in [0.4, 0.5) is 0 Å². The number of rotatable bonds is 2. The molecule has 152 valence electrons. The van der Waals surface area contributed by atoms with Gasteiger partial charge in [-0.2, -0.15) is 0 Å². The highest BCUT2D eigenvalue weighted by atomic mass is 16.7. The van der Waals surface area contributed by atoms with Crippen LogP contribution in [0.1, 0.15) is 25.8 Å². The number of fused-ring (bicyclic) bond motifs is 1. The second-order valence-electron chi connectivity index (χ2n) is 8.41. The Morgan fingerprint density at radius 2 is 1.57 bits per heavy atom. The zero-order valence-electron chi connectivity index (χ0n) is 16.7. The number of likely N-dealkylation sites (tertiary alicyclic amines) is 1. The highest BCUT2D eigenvalue weighted by Gasteiger charge is 2.33. The number of hydrogen-bond donors (Lipinski definition) is 0. The third kappa shape index (κ3) is 4.09. The molecule has 0 saturated carbocycles. The minimum absolute atomic E-state index is 0.280. The lowest BCUT2D eigenvalue weighted by Gasteiger charge is -2.38. The number of carbonyl (C=O) groups is 2. The van der Waals surface area contributed by atoms with Crippen molar-refractivity contribution in [2.24, 2.45) is 11.8 Å². The van der Waals surface area contributed by atoms with Crippen LogP contribution in [0.3, 0.4) is 0 Å². The van der Waals surface area contributed by atoms with Crippen molar-refractivity contribution < 1.29 is 19.1 Å². The summed E-state index contributed by atoms with van der Waals surface area (Å²) in [5, 5.41) is 0. The van der Waals surface area contributed by atoms with Crippen molar-refractivity contribution >= 4 is 11.8 Å². The molecule has 0 N–H and O–H groups in total. The number of hydrogen-bond acceptors (Lipinski definition) is 5. The molecule has 2 amide bonds. The Hall–Kier alpha value is -2.28. The maximum atomic E-state index is 12.7. The molecule has 3 heterocycles. The first-order valence-corrected chi connectivity index (χ1v) is 10.2. The Bertz CT molecular complexity index is 735. The summed E-state index contributed by atoms with van der Waals surface area (Å²) in [7, 11) is 0. The van der Waals surface area contributed by atoms with Gasteiger partial charge in [-0.05, 0) is 36.0 Å². The van der Waals surface area contributed by atoms with Gasteiger partial charge in [-0.1, -0.05) is 19.9 Å². The largest absolute Gasteiger partial charge is 0.454 e. The predicted octanol–water partition coefficient (Wildman–Crippen LogP) is 1.56. The first-order valence-electron chi connectivity index (χ1n) is 10.2. The van der Waals surface area contributed by atoms with Gasteiger partial charge in [-0.3, -0.25) is 14.5 Å². The third-order valence-corrected chi connectivity index (χ3v) is 5.84. The molecule has 2 saturated heterocycles. The summed E-state index contributed by atoms with van der Waals surface area (Å²) in [6, 6.07) is 6.01. The molecule has 0 radical (unpaired) electrons. The molecule has 2 fully saturated rings. The van der Waals surface area contributed by atoms with Gasteiger partial charge in [0.15, 0.2) is 11.5 Å². The SMILES string of the molecule is CC1CC(C)CN(C(=O)C(=O)N2CCN(Cc3ccc4c(c3)OCO4)CC2)C1. The van der Waals surface area contributed by atoms with Gasteiger partial charge in [-0.15, -0.1) is 0 Å². The van der Waals surface area contributed by atoms with Gasteiger partial charge in [0.2, 0.25) is 6.79 Å². The first kappa shape index (κ1) is 19.1. The highest BCUT2D eigenvalue weighted by Crippen LogP contribution is 2.32. The minimum Gasteiger partial charge on any atom is -0.454 e.